The van der Waals surface area contributed by atoms with Gasteiger partial charge in [0.15, 0.2) is 0 Å². The van der Waals surface area contributed by atoms with Crippen LogP contribution in [0.4, 0.5) is 5.69 Å². The fraction of sp³-hybridized carbons (Fsp3) is 0.0400. The number of rotatable bonds is 6. The van der Waals surface area contributed by atoms with Crippen LogP contribution in [0.25, 0.3) is 16.3 Å². The molecular formula is C25H19N5O2S. The summed E-state index contributed by atoms with van der Waals surface area (Å²) in [4.78, 5) is 29.0. The van der Waals surface area contributed by atoms with E-state index >= 15 is 0 Å². The lowest BCUT2D eigenvalue weighted by Crippen LogP contribution is -2.18. The maximum atomic E-state index is 12.7. The molecule has 3 heterocycles. The molecule has 7 nitrogen and oxygen atoms in total. The summed E-state index contributed by atoms with van der Waals surface area (Å²) >= 11 is 1.40. The first-order valence-electron chi connectivity index (χ1n) is 10.3. The fourth-order valence-electron chi connectivity index (χ4n) is 3.34. The minimum Gasteiger partial charge on any atom is -0.321 e. The molecule has 5 aromatic rings. The molecule has 0 atom stereocenters. The number of hydrogen-bond donors (Lipinski definition) is 1. The third kappa shape index (κ3) is 4.65. The molecule has 0 unspecified atom stereocenters. The predicted molar refractivity (Wildman–Crippen MR) is 129 cm³/mol. The zero-order chi connectivity index (χ0) is 22.6. The maximum absolute atomic E-state index is 12.7. The Kier molecular flexibility index (Phi) is 5.65. The van der Waals surface area contributed by atoms with Crippen LogP contribution in [0.1, 0.15) is 16.1 Å². The van der Waals surface area contributed by atoms with Gasteiger partial charge in [-0.05, 0) is 35.9 Å². The predicted octanol–water partition coefficient (Wildman–Crippen LogP) is 4.46. The van der Waals surface area contributed by atoms with E-state index in [0.717, 1.165) is 21.8 Å². The molecule has 1 N–H and O–H groups in total. The van der Waals surface area contributed by atoms with Crippen molar-refractivity contribution in [3.05, 3.63) is 118 Å². The Hall–Kier alpha value is -4.30. The number of nitrogens with zero attached hydrogens (tertiary/aromatic N) is 4. The minimum atomic E-state index is -0.278. The van der Waals surface area contributed by atoms with Crippen LogP contribution in [0.3, 0.4) is 0 Å². The van der Waals surface area contributed by atoms with Crippen LogP contribution >= 0.6 is 11.3 Å². The van der Waals surface area contributed by atoms with E-state index < -0.39 is 0 Å². The van der Waals surface area contributed by atoms with Crippen LogP contribution in [0.2, 0.25) is 0 Å². The van der Waals surface area contributed by atoms with Gasteiger partial charge in [-0.25, -0.2) is 9.67 Å². The number of thiazole rings is 1. The Bertz CT molecular complexity index is 1450. The number of aromatic nitrogens is 4. The van der Waals surface area contributed by atoms with E-state index in [-0.39, 0.29) is 11.5 Å². The van der Waals surface area contributed by atoms with Gasteiger partial charge in [0, 0.05) is 35.1 Å². The number of benzene rings is 2. The van der Waals surface area contributed by atoms with Crippen molar-refractivity contribution in [2.75, 3.05) is 5.32 Å². The number of carbonyl (C=O) groups is 1. The number of carbonyl (C=O) groups excluding carboxylic acids is 1. The van der Waals surface area contributed by atoms with Crippen molar-refractivity contribution in [2.45, 2.75) is 6.54 Å². The molecule has 0 bridgehead atoms. The highest BCUT2D eigenvalue weighted by molar-refractivity contribution is 7.13. The third-order valence-corrected chi connectivity index (χ3v) is 5.94. The summed E-state index contributed by atoms with van der Waals surface area (Å²) in [5.74, 6) is -0.278. The van der Waals surface area contributed by atoms with Gasteiger partial charge in [-0.15, -0.1) is 11.3 Å². The first-order chi connectivity index (χ1) is 16.2. The summed E-state index contributed by atoms with van der Waals surface area (Å²) in [6, 6.07) is 22.3. The number of para-hydroxylation sites is 1. The van der Waals surface area contributed by atoms with E-state index in [2.05, 4.69) is 15.4 Å². The van der Waals surface area contributed by atoms with Crippen molar-refractivity contribution in [2.24, 2.45) is 0 Å². The highest BCUT2D eigenvalue weighted by atomic mass is 32.1. The van der Waals surface area contributed by atoms with Crippen LogP contribution in [-0.4, -0.2) is 25.2 Å². The molecular weight excluding hydrogens is 434 g/mol. The second-order valence-electron chi connectivity index (χ2n) is 7.36. The number of pyridine rings is 1. The van der Waals surface area contributed by atoms with Crippen LogP contribution in [0.5, 0.6) is 0 Å². The first kappa shape index (κ1) is 20.6. The lowest BCUT2D eigenvalue weighted by atomic mass is 10.2. The van der Waals surface area contributed by atoms with Gasteiger partial charge in [-0.3, -0.25) is 9.59 Å². The summed E-state index contributed by atoms with van der Waals surface area (Å²) in [5, 5.41) is 9.73. The van der Waals surface area contributed by atoms with Crippen LogP contribution in [0.15, 0.2) is 102 Å². The summed E-state index contributed by atoms with van der Waals surface area (Å²) < 4.78 is 3.41. The summed E-state index contributed by atoms with van der Waals surface area (Å²) in [6.07, 6.45) is 5.39. The van der Waals surface area contributed by atoms with Crippen molar-refractivity contribution in [1.29, 1.82) is 0 Å². The summed E-state index contributed by atoms with van der Waals surface area (Å²) in [5.41, 5.74) is 3.73. The van der Waals surface area contributed by atoms with Crippen molar-refractivity contribution in [3.63, 3.8) is 0 Å². The molecule has 0 spiro atoms. The monoisotopic (exact) mass is 453 g/mol. The molecule has 0 aliphatic rings. The molecule has 5 rings (SSSR count). The van der Waals surface area contributed by atoms with E-state index in [1.54, 1.807) is 33.1 Å². The molecule has 0 fully saturated rings. The molecule has 0 aliphatic heterocycles. The largest absolute Gasteiger partial charge is 0.321 e. The summed E-state index contributed by atoms with van der Waals surface area (Å²) in [7, 11) is 0. The molecule has 0 radical (unpaired) electrons. The Labute approximate surface area is 193 Å². The smallest absolute Gasteiger partial charge is 0.275 e. The molecule has 8 heteroatoms. The van der Waals surface area contributed by atoms with Gasteiger partial charge >= 0.3 is 0 Å². The van der Waals surface area contributed by atoms with Gasteiger partial charge in [0.05, 0.1) is 18.4 Å². The second kappa shape index (κ2) is 9.05. The van der Waals surface area contributed by atoms with E-state index in [0.29, 0.717) is 17.9 Å². The van der Waals surface area contributed by atoms with Crippen molar-refractivity contribution < 1.29 is 4.79 Å². The lowest BCUT2D eigenvalue weighted by molar-refractivity contribution is 0.102. The molecule has 0 saturated carbocycles. The van der Waals surface area contributed by atoms with E-state index in [9.17, 15) is 9.59 Å². The zero-order valence-electron chi connectivity index (χ0n) is 17.5. The van der Waals surface area contributed by atoms with Gasteiger partial charge < -0.3 is 9.88 Å². The van der Waals surface area contributed by atoms with Gasteiger partial charge in [0.1, 0.15) is 10.7 Å². The van der Waals surface area contributed by atoms with Gasteiger partial charge in [-0.1, -0.05) is 36.4 Å². The van der Waals surface area contributed by atoms with Crippen LogP contribution < -0.4 is 10.9 Å². The van der Waals surface area contributed by atoms with Gasteiger partial charge in [0.2, 0.25) is 0 Å². The van der Waals surface area contributed by atoms with Crippen molar-refractivity contribution in [1.82, 2.24) is 19.3 Å². The van der Waals surface area contributed by atoms with Crippen LogP contribution in [0, 0.1) is 0 Å². The Balaban J connectivity index is 1.25. The number of amides is 1. The van der Waals surface area contributed by atoms with Crippen molar-refractivity contribution in [3.8, 4) is 16.3 Å². The Morgan fingerprint density at radius 2 is 1.76 bits per heavy atom. The molecule has 162 valence electrons. The van der Waals surface area contributed by atoms with E-state index in [1.165, 1.54) is 17.4 Å². The maximum Gasteiger partial charge on any atom is 0.275 e. The number of hydrogen-bond acceptors (Lipinski definition) is 5. The number of nitrogens with one attached hydrogen (secondary N) is 1. The third-order valence-electron chi connectivity index (χ3n) is 5.05. The Morgan fingerprint density at radius 3 is 2.55 bits per heavy atom. The van der Waals surface area contributed by atoms with E-state index in [4.69, 9.17) is 0 Å². The topological polar surface area (TPSA) is 81.8 Å². The van der Waals surface area contributed by atoms with Gasteiger partial charge in [-0.2, -0.15) is 5.10 Å². The zero-order valence-corrected chi connectivity index (χ0v) is 18.3. The standard InChI is InChI=1S/C25H19N5O2S/c31-23-8-4-5-13-29(23)15-18-9-11-20(12-10-18)27-24(32)22-17-33-25(28-22)19-14-26-30(16-19)21-6-2-1-3-7-21/h1-14,16-17H,15H2,(H,27,32). The second-order valence-corrected chi connectivity index (χ2v) is 8.22. The first-order valence-corrected chi connectivity index (χ1v) is 11.2. The molecule has 3 aromatic heterocycles. The quantitative estimate of drug-likeness (QED) is 0.412. The highest BCUT2D eigenvalue weighted by Crippen LogP contribution is 2.24. The van der Waals surface area contributed by atoms with Crippen molar-refractivity contribution >= 4 is 22.9 Å². The number of anilines is 1. The van der Waals surface area contributed by atoms with Crippen LogP contribution in [-0.2, 0) is 6.54 Å². The Morgan fingerprint density at radius 1 is 0.970 bits per heavy atom. The average molecular weight is 454 g/mol. The summed E-state index contributed by atoms with van der Waals surface area (Å²) in [6.45, 7) is 0.472. The molecule has 33 heavy (non-hydrogen) atoms. The molecule has 0 saturated heterocycles. The SMILES string of the molecule is O=C(Nc1ccc(Cn2ccccc2=O)cc1)c1csc(-c2cnn(-c3ccccc3)c2)n1. The fourth-order valence-corrected chi connectivity index (χ4v) is 4.12. The molecule has 1 amide bonds. The lowest BCUT2D eigenvalue weighted by Gasteiger charge is -2.07. The average Bonchev–Trinajstić information content (AvgIpc) is 3.53. The minimum absolute atomic E-state index is 0.0523. The molecule has 2 aromatic carbocycles. The highest BCUT2D eigenvalue weighted by Gasteiger charge is 2.14. The normalized spacial score (nSPS) is 10.8. The van der Waals surface area contributed by atoms with Gasteiger partial charge in [0.25, 0.3) is 11.5 Å². The molecule has 0 aliphatic carbocycles. The van der Waals surface area contributed by atoms with E-state index in [1.807, 2.05) is 66.9 Å².